The van der Waals surface area contributed by atoms with E-state index in [1.54, 1.807) is 0 Å². The number of hydrogen-bond acceptors (Lipinski definition) is 5. The van der Waals surface area contributed by atoms with Crippen LogP contribution in [0.2, 0.25) is 0 Å². The average Bonchev–Trinajstić information content (AvgIpc) is 3.66. The number of aliphatic hydroxyl groups is 1. The predicted molar refractivity (Wildman–Crippen MR) is 214 cm³/mol. The molecule has 52 heavy (non-hydrogen) atoms. The molecule has 1 N–H and O–H groups in total. The zero-order valence-corrected chi connectivity index (χ0v) is 35.4. The van der Waals surface area contributed by atoms with E-state index in [2.05, 4.69) is 71.0 Å². The van der Waals surface area contributed by atoms with Crippen LogP contribution < -0.4 is 0 Å². The maximum atomic E-state index is 12.2. The smallest absolute Gasteiger partial charge is 0.164 e. The standard InChI is InChI=1S/C31H28NO2.C15H28O2.Ir/c1-6-9-23-18(2)27-24(33-23)12-13-25-28(27)29-26(34-25)14-15-32-30(29)20-16-19-10-7-8-11-21(19)22(17-20)31(3,4)5;1-7-14(5,8-2)12(16)11-13(17)15(6,9-3)10-4;/h7-8,10-15,17H,6,9H2,1-5H3;11,16H,7-10H2,1-6H3;/q-1;;/b;12-11-;. The van der Waals surface area contributed by atoms with Crippen molar-refractivity contribution in [1.82, 2.24) is 4.98 Å². The fourth-order valence-corrected chi connectivity index (χ4v) is 6.92. The van der Waals surface area contributed by atoms with Crippen LogP contribution in [-0.2, 0) is 36.7 Å². The van der Waals surface area contributed by atoms with Gasteiger partial charge in [-0.25, -0.2) is 0 Å². The first-order valence-electron chi connectivity index (χ1n) is 18.8. The van der Waals surface area contributed by atoms with E-state index in [-0.39, 0.29) is 47.9 Å². The van der Waals surface area contributed by atoms with E-state index in [0.717, 1.165) is 93.8 Å². The van der Waals surface area contributed by atoms with Gasteiger partial charge >= 0.3 is 0 Å². The maximum Gasteiger partial charge on any atom is 0.164 e. The molecular formula is C46H56IrNO4-. The third-order valence-electron chi connectivity index (χ3n) is 11.5. The monoisotopic (exact) mass is 879 g/mol. The van der Waals surface area contributed by atoms with Gasteiger partial charge in [0.05, 0.1) is 0 Å². The van der Waals surface area contributed by atoms with Crippen molar-refractivity contribution in [3.63, 3.8) is 0 Å². The second-order valence-electron chi connectivity index (χ2n) is 15.7. The van der Waals surface area contributed by atoms with Crippen LogP contribution in [0.15, 0.2) is 75.4 Å². The zero-order valence-electron chi connectivity index (χ0n) is 33.0. The number of rotatable bonds is 10. The number of ketones is 1. The van der Waals surface area contributed by atoms with Gasteiger partial charge in [-0.15, -0.1) is 29.1 Å². The molecule has 6 aromatic rings. The van der Waals surface area contributed by atoms with E-state index < -0.39 is 0 Å². The number of furan rings is 2. The molecule has 6 rings (SSSR count). The molecule has 0 bridgehead atoms. The SMILES string of the molecule is CCC(C)(CC)C(=O)/C=C(\O)C(C)(CC)CC.CCCc1oc2ccc3oc4ccnc(-c5[c-]c6ccccc6c(C(C)(C)C)c5)c4c3c2c1C.[Ir]. The third-order valence-corrected chi connectivity index (χ3v) is 11.5. The van der Waals surface area contributed by atoms with Gasteiger partial charge in [-0.1, -0.05) is 98.4 Å². The van der Waals surface area contributed by atoms with Crippen molar-refractivity contribution >= 4 is 49.5 Å². The number of aliphatic hydroxyl groups excluding tert-OH is 1. The number of aromatic nitrogens is 1. The molecule has 3 aromatic heterocycles. The summed E-state index contributed by atoms with van der Waals surface area (Å²) in [4.78, 5) is 17.1. The molecule has 0 aliphatic carbocycles. The van der Waals surface area contributed by atoms with Crippen molar-refractivity contribution in [2.24, 2.45) is 10.8 Å². The summed E-state index contributed by atoms with van der Waals surface area (Å²) in [6.45, 7) is 23.2. The molecule has 279 valence electrons. The Morgan fingerprint density at radius 3 is 2.00 bits per heavy atom. The summed E-state index contributed by atoms with van der Waals surface area (Å²) in [5, 5.41) is 15.7. The topological polar surface area (TPSA) is 76.5 Å². The summed E-state index contributed by atoms with van der Waals surface area (Å²) < 4.78 is 12.6. The number of pyridine rings is 1. The van der Waals surface area contributed by atoms with Gasteiger partial charge < -0.3 is 13.9 Å². The summed E-state index contributed by atoms with van der Waals surface area (Å²) in [6, 6.07) is 20.4. The van der Waals surface area contributed by atoms with Gasteiger partial charge in [-0.05, 0) is 68.2 Å². The van der Waals surface area contributed by atoms with Crippen molar-refractivity contribution in [2.45, 2.75) is 120 Å². The molecular weight excluding hydrogens is 823 g/mol. The fraction of sp³-hybridized carbons (Fsp3) is 0.435. The molecule has 0 spiro atoms. The summed E-state index contributed by atoms with van der Waals surface area (Å²) >= 11 is 0. The molecule has 0 atom stereocenters. The average molecular weight is 879 g/mol. The van der Waals surface area contributed by atoms with Gasteiger partial charge in [-0.3, -0.25) is 9.78 Å². The molecule has 0 aliphatic heterocycles. The van der Waals surface area contributed by atoms with E-state index in [1.807, 2.05) is 65.9 Å². The summed E-state index contributed by atoms with van der Waals surface area (Å²) in [5.74, 6) is 1.34. The second kappa shape index (κ2) is 16.1. The van der Waals surface area contributed by atoms with Gasteiger partial charge in [0.15, 0.2) is 5.78 Å². The van der Waals surface area contributed by atoms with Crippen LogP contribution in [0.25, 0.3) is 54.9 Å². The number of carbonyl (C=O) groups excluding carboxylic acids is 1. The number of nitrogens with zero attached hydrogens (tertiary/aromatic N) is 1. The third kappa shape index (κ3) is 7.66. The number of carbonyl (C=O) groups is 1. The van der Waals surface area contributed by atoms with Crippen LogP contribution in [0.5, 0.6) is 0 Å². The Labute approximate surface area is 323 Å². The summed E-state index contributed by atoms with van der Waals surface area (Å²) in [6.07, 6.45) is 8.56. The first kappa shape index (κ1) is 41.0. The fourth-order valence-electron chi connectivity index (χ4n) is 6.92. The van der Waals surface area contributed by atoms with Crippen LogP contribution in [0.4, 0.5) is 0 Å². The van der Waals surface area contributed by atoms with E-state index in [9.17, 15) is 9.90 Å². The number of aryl methyl sites for hydroxylation is 2. The molecule has 6 heteroatoms. The van der Waals surface area contributed by atoms with Crippen LogP contribution in [-0.4, -0.2) is 15.9 Å². The maximum absolute atomic E-state index is 12.2. The Morgan fingerprint density at radius 2 is 1.40 bits per heavy atom. The number of allylic oxidation sites excluding steroid dienone is 2. The van der Waals surface area contributed by atoms with E-state index in [0.29, 0.717) is 0 Å². The minimum atomic E-state index is -0.337. The Morgan fingerprint density at radius 1 is 0.808 bits per heavy atom. The Balaban J connectivity index is 0.000000289. The Kier molecular flexibility index (Phi) is 12.7. The quantitative estimate of drug-likeness (QED) is 0.0843. The molecule has 0 saturated heterocycles. The molecule has 3 aromatic carbocycles. The summed E-state index contributed by atoms with van der Waals surface area (Å²) in [5.41, 5.74) is 6.36. The molecule has 1 radical (unpaired) electrons. The van der Waals surface area contributed by atoms with Crippen LogP contribution in [0.1, 0.15) is 118 Å². The Hall–Kier alpha value is -3.73. The molecule has 0 fully saturated rings. The van der Waals surface area contributed by atoms with Crippen molar-refractivity contribution < 1.29 is 38.8 Å². The molecule has 0 unspecified atom stereocenters. The second-order valence-corrected chi connectivity index (χ2v) is 15.7. The number of fused-ring (bicyclic) bond motifs is 6. The van der Waals surface area contributed by atoms with E-state index in [1.165, 1.54) is 22.6 Å². The summed E-state index contributed by atoms with van der Waals surface area (Å²) in [7, 11) is 0. The van der Waals surface area contributed by atoms with Crippen molar-refractivity contribution in [3.05, 3.63) is 89.5 Å². The first-order chi connectivity index (χ1) is 24.2. The normalized spacial score (nSPS) is 12.7. The van der Waals surface area contributed by atoms with Crippen molar-refractivity contribution in [1.29, 1.82) is 0 Å². The molecule has 0 saturated carbocycles. The zero-order chi connectivity index (χ0) is 37.3. The van der Waals surface area contributed by atoms with Crippen molar-refractivity contribution in [2.75, 3.05) is 0 Å². The van der Waals surface area contributed by atoms with Gasteiger partial charge in [0.25, 0.3) is 0 Å². The molecule has 0 aliphatic rings. The van der Waals surface area contributed by atoms with Crippen LogP contribution in [0, 0.1) is 23.8 Å². The Bertz CT molecular complexity index is 2220. The molecule has 3 heterocycles. The largest absolute Gasteiger partial charge is 0.512 e. The predicted octanol–water partition coefficient (Wildman–Crippen LogP) is 13.6. The van der Waals surface area contributed by atoms with Crippen LogP contribution >= 0.6 is 0 Å². The molecule has 0 amide bonds. The van der Waals surface area contributed by atoms with Gasteiger partial charge in [0, 0.05) is 71.5 Å². The number of benzene rings is 3. The molecule has 5 nitrogen and oxygen atoms in total. The van der Waals surface area contributed by atoms with Crippen LogP contribution in [0.3, 0.4) is 0 Å². The number of hydrogen-bond donors (Lipinski definition) is 1. The van der Waals surface area contributed by atoms with Gasteiger partial charge in [0.2, 0.25) is 0 Å². The van der Waals surface area contributed by atoms with Gasteiger partial charge in [0.1, 0.15) is 28.3 Å². The van der Waals surface area contributed by atoms with Gasteiger partial charge in [-0.2, -0.15) is 0 Å². The van der Waals surface area contributed by atoms with E-state index >= 15 is 0 Å². The van der Waals surface area contributed by atoms with E-state index in [4.69, 9.17) is 13.8 Å². The minimum Gasteiger partial charge on any atom is -0.512 e. The van der Waals surface area contributed by atoms with Crippen molar-refractivity contribution in [3.8, 4) is 11.3 Å². The first-order valence-corrected chi connectivity index (χ1v) is 18.8. The minimum absolute atomic E-state index is 0.